The summed E-state index contributed by atoms with van der Waals surface area (Å²) in [5.74, 6) is 1.34. The molecular formula is C14H14N2O3. The van der Waals surface area contributed by atoms with Gasteiger partial charge >= 0.3 is 0 Å². The molecule has 0 fully saturated rings. The van der Waals surface area contributed by atoms with Crippen LogP contribution in [0.25, 0.3) is 0 Å². The summed E-state index contributed by atoms with van der Waals surface area (Å²) in [5, 5.41) is 10.4. The van der Waals surface area contributed by atoms with Crippen LogP contribution in [0.1, 0.15) is 17.2 Å². The molecule has 0 radical (unpaired) electrons. The van der Waals surface area contributed by atoms with Crippen molar-refractivity contribution in [2.24, 2.45) is 0 Å². The number of nitrogens with two attached hydrogens (primary N) is 1. The second kappa shape index (κ2) is 4.78. The highest BCUT2D eigenvalue weighted by molar-refractivity contribution is 5.51. The normalized spacial score (nSPS) is 15.0. The van der Waals surface area contributed by atoms with Gasteiger partial charge in [-0.2, -0.15) is 0 Å². The summed E-state index contributed by atoms with van der Waals surface area (Å²) in [4.78, 5) is 3.98. The molecule has 0 aliphatic carbocycles. The van der Waals surface area contributed by atoms with Gasteiger partial charge in [0.05, 0.1) is 0 Å². The third-order valence-corrected chi connectivity index (χ3v) is 3.06. The van der Waals surface area contributed by atoms with Crippen LogP contribution in [0.2, 0.25) is 0 Å². The molecule has 1 aromatic carbocycles. The molecule has 0 amide bonds. The zero-order valence-corrected chi connectivity index (χ0v) is 10.2. The summed E-state index contributed by atoms with van der Waals surface area (Å²) in [7, 11) is 0. The second-order valence-electron chi connectivity index (χ2n) is 4.31. The lowest BCUT2D eigenvalue weighted by Gasteiger charge is -2.20. The molecule has 0 saturated heterocycles. The van der Waals surface area contributed by atoms with Crippen molar-refractivity contribution in [1.29, 1.82) is 0 Å². The van der Waals surface area contributed by atoms with Crippen molar-refractivity contribution in [3.05, 3.63) is 47.8 Å². The Morgan fingerprint density at radius 3 is 2.74 bits per heavy atom. The summed E-state index contributed by atoms with van der Waals surface area (Å²) in [6.45, 7) is 1.06. The number of aromatic nitrogens is 1. The number of nitrogens with zero attached hydrogens (tertiary/aromatic N) is 1. The molecule has 3 rings (SSSR count). The Morgan fingerprint density at radius 2 is 1.95 bits per heavy atom. The fourth-order valence-corrected chi connectivity index (χ4v) is 2.06. The van der Waals surface area contributed by atoms with E-state index >= 15 is 0 Å². The van der Waals surface area contributed by atoms with Crippen molar-refractivity contribution < 1.29 is 14.6 Å². The quantitative estimate of drug-likeness (QED) is 0.854. The highest BCUT2D eigenvalue weighted by atomic mass is 16.6. The molecule has 98 valence electrons. The highest BCUT2D eigenvalue weighted by Crippen LogP contribution is 2.35. The van der Waals surface area contributed by atoms with Gasteiger partial charge in [0.15, 0.2) is 11.5 Å². The van der Waals surface area contributed by atoms with Crippen LogP contribution in [-0.2, 0) is 0 Å². The van der Waals surface area contributed by atoms with Gasteiger partial charge in [-0.25, -0.2) is 0 Å². The molecule has 2 aromatic rings. The topological polar surface area (TPSA) is 77.6 Å². The molecule has 2 heterocycles. The average molecular weight is 258 g/mol. The van der Waals surface area contributed by atoms with Crippen LogP contribution in [0.15, 0.2) is 36.7 Å². The summed E-state index contributed by atoms with van der Waals surface area (Å²) in [6.07, 6.45) is 2.33. The number of rotatable bonds is 2. The average Bonchev–Trinajstić information content (AvgIpc) is 2.46. The maximum Gasteiger partial charge on any atom is 0.161 e. The minimum absolute atomic E-state index is 0.511. The molecular weight excluding hydrogens is 244 g/mol. The van der Waals surface area contributed by atoms with E-state index in [1.807, 2.05) is 0 Å². The Bertz CT molecular complexity index is 601. The molecule has 0 spiro atoms. The van der Waals surface area contributed by atoms with E-state index in [0.29, 0.717) is 41.5 Å². The lowest BCUT2D eigenvalue weighted by molar-refractivity contribution is 0.169. The van der Waals surface area contributed by atoms with Gasteiger partial charge < -0.3 is 20.3 Å². The maximum absolute atomic E-state index is 10.4. The van der Waals surface area contributed by atoms with Crippen LogP contribution >= 0.6 is 0 Å². The van der Waals surface area contributed by atoms with Crippen LogP contribution in [-0.4, -0.2) is 23.3 Å². The molecule has 19 heavy (non-hydrogen) atoms. The standard InChI is InChI=1S/C14H14N2O3/c15-11-3-4-16-8-10(11)14(17)9-1-2-12-13(7-9)19-6-5-18-12/h1-4,7-8,14,17H,5-6H2,(H2,15,16). The molecule has 3 N–H and O–H groups in total. The lowest BCUT2D eigenvalue weighted by Crippen LogP contribution is -2.15. The Labute approximate surface area is 110 Å². The van der Waals surface area contributed by atoms with E-state index < -0.39 is 6.10 Å². The van der Waals surface area contributed by atoms with Gasteiger partial charge in [0.1, 0.15) is 19.3 Å². The number of pyridine rings is 1. The SMILES string of the molecule is Nc1ccncc1C(O)c1ccc2c(c1)OCCO2. The fraction of sp³-hybridized carbons (Fsp3) is 0.214. The number of aliphatic hydroxyl groups is 1. The number of hydrogen-bond donors (Lipinski definition) is 2. The van der Waals surface area contributed by atoms with Crippen molar-refractivity contribution in [3.8, 4) is 11.5 Å². The molecule has 0 saturated carbocycles. The van der Waals surface area contributed by atoms with E-state index in [1.54, 1.807) is 36.7 Å². The van der Waals surface area contributed by atoms with E-state index in [2.05, 4.69) is 4.98 Å². The van der Waals surface area contributed by atoms with Gasteiger partial charge in [-0.05, 0) is 23.8 Å². The van der Waals surface area contributed by atoms with Crippen molar-refractivity contribution >= 4 is 5.69 Å². The summed E-state index contributed by atoms with van der Waals surface area (Å²) in [6, 6.07) is 7.02. The van der Waals surface area contributed by atoms with Gasteiger partial charge in [0, 0.05) is 23.6 Å². The zero-order chi connectivity index (χ0) is 13.2. The van der Waals surface area contributed by atoms with E-state index in [1.165, 1.54) is 0 Å². The Balaban J connectivity index is 1.96. The number of nitrogen functional groups attached to an aromatic ring is 1. The van der Waals surface area contributed by atoms with Gasteiger partial charge in [0.25, 0.3) is 0 Å². The van der Waals surface area contributed by atoms with Crippen LogP contribution < -0.4 is 15.2 Å². The fourth-order valence-electron chi connectivity index (χ4n) is 2.06. The molecule has 0 bridgehead atoms. The van der Waals surface area contributed by atoms with Gasteiger partial charge in [-0.15, -0.1) is 0 Å². The summed E-state index contributed by atoms with van der Waals surface area (Å²) < 4.78 is 10.9. The first-order chi connectivity index (χ1) is 9.25. The first-order valence-corrected chi connectivity index (χ1v) is 6.02. The van der Waals surface area contributed by atoms with Crippen molar-refractivity contribution in [2.45, 2.75) is 6.10 Å². The first-order valence-electron chi connectivity index (χ1n) is 6.02. The molecule has 1 atom stereocenters. The highest BCUT2D eigenvalue weighted by Gasteiger charge is 2.18. The third kappa shape index (κ3) is 2.20. The van der Waals surface area contributed by atoms with Crippen molar-refractivity contribution in [2.75, 3.05) is 18.9 Å². The molecule has 1 aliphatic heterocycles. The van der Waals surface area contributed by atoms with E-state index in [9.17, 15) is 5.11 Å². The maximum atomic E-state index is 10.4. The summed E-state index contributed by atoms with van der Waals surface area (Å²) in [5.41, 5.74) is 7.63. The van der Waals surface area contributed by atoms with Crippen LogP contribution in [0.5, 0.6) is 11.5 Å². The Kier molecular flexibility index (Phi) is 2.97. The number of aliphatic hydroxyl groups excluding tert-OH is 1. The number of hydrogen-bond acceptors (Lipinski definition) is 5. The Morgan fingerprint density at radius 1 is 1.16 bits per heavy atom. The monoisotopic (exact) mass is 258 g/mol. The zero-order valence-electron chi connectivity index (χ0n) is 10.2. The second-order valence-corrected chi connectivity index (χ2v) is 4.31. The van der Waals surface area contributed by atoms with Crippen LogP contribution in [0.4, 0.5) is 5.69 Å². The van der Waals surface area contributed by atoms with E-state index in [-0.39, 0.29) is 0 Å². The smallest absolute Gasteiger partial charge is 0.161 e. The summed E-state index contributed by atoms with van der Waals surface area (Å²) >= 11 is 0. The van der Waals surface area contributed by atoms with E-state index in [4.69, 9.17) is 15.2 Å². The van der Waals surface area contributed by atoms with Crippen molar-refractivity contribution in [1.82, 2.24) is 4.98 Å². The number of fused-ring (bicyclic) bond motifs is 1. The molecule has 1 aromatic heterocycles. The Hall–Kier alpha value is -2.27. The minimum Gasteiger partial charge on any atom is -0.486 e. The lowest BCUT2D eigenvalue weighted by atomic mass is 10.0. The first kappa shape index (κ1) is 11.8. The molecule has 5 heteroatoms. The largest absolute Gasteiger partial charge is 0.486 e. The molecule has 1 aliphatic rings. The van der Waals surface area contributed by atoms with Crippen LogP contribution in [0, 0.1) is 0 Å². The van der Waals surface area contributed by atoms with Crippen molar-refractivity contribution in [3.63, 3.8) is 0 Å². The minimum atomic E-state index is -0.829. The van der Waals surface area contributed by atoms with E-state index in [0.717, 1.165) is 0 Å². The number of anilines is 1. The van der Waals surface area contributed by atoms with Crippen LogP contribution in [0.3, 0.4) is 0 Å². The molecule has 1 unspecified atom stereocenters. The predicted octanol–water partition coefficient (Wildman–Crippen LogP) is 1.52. The third-order valence-electron chi connectivity index (χ3n) is 3.06. The van der Waals surface area contributed by atoms with Gasteiger partial charge in [-0.1, -0.05) is 6.07 Å². The molecule has 5 nitrogen and oxygen atoms in total. The number of ether oxygens (including phenoxy) is 2. The van der Waals surface area contributed by atoms with Gasteiger partial charge in [-0.3, -0.25) is 4.98 Å². The predicted molar refractivity (Wildman–Crippen MR) is 70.1 cm³/mol. The van der Waals surface area contributed by atoms with Gasteiger partial charge in [0.2, 0.25) is 0 Å². The number of benzene rings is 1.